The third-order valence-corrected chi connectivity index (χ3v) is 5.11. The first-order chi connectivity index (χ1) is 10.6. The van der Waals surface area contributed by atoms with Crippen LogP contribution in [0.4, 0.5) is 10.1 Å². The molecule has 1 aliphatic heterocycles. The SMILES string of the molecule is Fc1cccc([C@@H]2Nc3c(Cl)cc(Cl)cc3[C@@H]3C=CC[C@H]32)c1. The van der Waals surface area contributed by atoms with Crippen LogP contribution in [-0.4, -0.2) is 0 Å². The quantitative estimate of drug-likeness (QED) is 0.635. The Balaban J connectivity index is 1.84. The van der Waals surface area contributed by atoms with Crippen molar-refractivity contribution in [3.05, 3.63) is 75.5 Å². The van der Waals surface area contributed by atoms with Gasteiger partial charge >= 0.3 is 0 Å². The normalized spacial score (nSPS) is 25.5. The van der Waals surface area contributed by atoms with Gasteiger partial charge in [-0.2, -0.15) is 0 Å². The fourth-order valence-corrected chi connectivity index (χ4v) is 4.21. The van der Waals surface area contributed by atoms with Gasteiger partial charge in [-0.15, -0.1) is 0 Å². The minimum atomic E-state index is -0.213. The number of fused-ring (bicyclic) bond motifs is 3. The molecule has 0 spiro atoms. The van der Waals surface area contributed by atoms with Gasteiger partial charge in [0.15, 0.2) is 0 Å². The largest absolute Gasteiger partial charge is 0.376 e. The van der Waals surface area contributed by atoms with Crippen LogP contribution in [0.15, 0.2) is 48.6 Å². The molecule has 4 heteroatoms. The van der Waals surface area contributed by atoms with Crippen LogP contribution in [0, 0.1) is 11.7 Å². The van der Waals surface area contributed by atoms with Gasteiger partial charge in [-0.25, -0.2) is 4.39 Å². The lowest BCUT2D eigenvalue weighted by Gasteiger charge is -2.38. The Morgan fingerprint density at radius 2 is 2.00 bits per heavy atom. The minimum Gasteiger partial charge on any atom is -0.376 e. The van der Waals surface area contributed by atoms with Crippen LogP contribution in [0.3, 0.4) is 0 Å². The topological polar surface area (TPSA) is 12.0 Å². The summed E-state index contributed by atoms with van der Waals surface area (Å²) >= 11 is 12.5. The summed E-state index contributed by atoms with van der Waals surface area (Å²) in [6, 6.07) is 10.6. The van der Waals surface area contributed by atoms with E-state index < -0.39 is 0 Å². The van der Waals surface area contributed by atoms with E-state index in [0.717, 1.165) is 23.2 Å². The zero-order chi connectivity index (χ0) is 15.3. The van der Waals surface area contributed by atoms with Gasteiger partial charge in [-0.3, -0.25) is 0 Å². The number of rotatable bonds is 1. The highest BCUT2D eigenvalue weighted by atomic mass is 35.5. The Hall–Kier alpha value is -1.51. The highest BCUT2D eigenvalue weighted by Gasteiger charge is 2.38. The second kappa shape index (κ2) is 5.29. The molecule has 2 aliphatic rings. The average Bonchev–Trinajstić information content (AvgIpc) is 2.96. The van der Waals surface area contributed by atoms with Crippen LogP contribution >= 0.6 is 23.2 Å². The van der Waals surface area contributed by atoms with Crippen molar-refractivity contribution in [1.82, 2.24) is 0 Å². The van der Waals surface area contributed by atoms with Crippen LogP contribution in [-0.2, 0) is 0 Å². The summed E-state index contributed by atoms with van der Waals surface area (Å²) < 4.78 is 13.6. The van der Waals surface area contributed by atoms with Gasteiger partial charge in [0.25, 0.3) is 0 Å². The zero-order valence-corrected chi connectivity index (χ0v) is 13.2. The third kappa shape index (κ3) is 2.22. The number of hydrogen-bond donors (Lipinski definition) is 1. The fraction of sp³-hybridized carbons (Fsp3) is 0.222. The Morgan fingerprint density at radius 3 is 2.82 bits per heavy atom. The van der Waals surface area contributed by atoms with Crippen molar-refractivity contribution < 1.29 is 4.39 Å². The molecule has 1 aliphatic carbocycles. The summed E-state index contributed by atoms with van der Waals surface area (Å²) in [4.78, 5) is 0. The first-order valence-electron chi connectivity index (χ1n) is 7.31. The molecule has 1 N–H and O–H groups in total. The molecule has 2 aromatic rings. The van der Waals surface area contributed by atoms with Gasteiger partial charge in [-0.05, 0) is 47.7 Å². The van der Waals surface area contributed by atoms with Crippen LogP contribution in [0.1, 0.15) is 29.5 Å². The Labute approximate surface area is 138 Å². The third-order valence-electron chi connectivity index (χ3n) is 4.59. The Morgan fingerprint density at radius 1 is 1.14 bits per heavy atom. The van der Waals surface area contributed by atoms with Gasteiger partial charge in [0.2, 0.25) is 0 Å². The maximum absolute atomic E-state index is 13.6. The molecule has 0 fully saturated rings. The summed E-state index contributed by atoms with van der Waals surface area (Å²) in [5, 5.41) is 4.77. The highest BCUT2D eigenvalue weighted by Crippen LogP contribution is 2.52. The summed E-state index contributed by atoms with van der Waals surface area (Å²) in [6.45, 7) is 0. The molecule has 3 atom stereocenters. The molecule has 2 aromatic carbocycles. The molecular formula is C18H14Cl2FN. The van der Waals surface area contributed by atoms with E-state index in [1.54, 1.807) is 18.2 Å². The van der Waals surface area contributed by atoms with Gasteiger partial charge in [0.1, 0.15) is 5.82 Å². The molecule has 22 heavy (non-hydrogen) atoms. The lowest BCUT2D eigenvalue weighted by Crippen LogP contribution is -2.29. The van der Waals surface area contributed by atoms with E-state index in [-0.39, 0.29) is 17.8 Å². The first-order valence-corrected chi connectivity index (χ1v) is 8.06. The number of hydrogen-bond acceptors (Lipinski definition) is 1. The molecule has 0 saturated carbocycles. The standard InChI is InChI=1S/C18H14Cl2FN/c19-11-8-15-13-5-2-6-14(13)17(22-18(15)16(20)9-11)10-3-1-4-12(21)7-10/h1-5,7-9,13-14,17,22H,6H2/t13-,14-,17+/m1/s1. The van der Waals surface area contributed by atoms with Crippen molar-refractivity contribution in [1.29, 1.82) is 0 Å². The van der Waals surface area contributed by atoms with Crippen LogP contribution in [0.2, 0.25) is 10.0 Å². The maximum Gasteiger partial charge on any atom is 0.123 e. The lowest BCUT2D eigenvalue weighted by molar-refractivity contribution is 0.424. The van der Waals surface area contributed by atoms with Crippen molar-refractivity contribution in [2.45, 2.75) is 18.4 Å². The van der Waals surface area contributed by atoms with E-state index in [0.29, 0.717) is 16.0 Å². The van der Waals surface area contributed by atoms with Crippen molar-refractivity contribution in [3.8, 4) is 0 Å². The highest BCUT2D eigenvalue weighted by molar-refractivity contribution is 6.36. The molecule has 0 unspecified atom stereocenters. The Bertz CT molecular complexity index is 772. The van der Waals surface area contributed by atoms with E-state index >= 15 is 0 Å². The number of nitrogens with one attached hydrogen (secondary N) is 1. The van der Waals surface area contributed by atoms with Gasteiger partial charge in [-0.1, -0.05) is 47.5 Å². The fourth-order valence-electron chi connectivity index (χ4n) is 3.65. The number of halogens is 3. The van der Waals surface area contributed by atoms with E-state index in [4.69, 9.17) is 23.2 Å². The van der Waals surface area contributed by atoms with E-state index in [9.17, 15) is 4.39 Å². The molecule has 112 valence electrons. The van der Waals surface area contributed by atoms with Crippen molar-refractivity contribution in [2.75, 3.05) is 5.32 Å². The van der Waals surface area contributed by atoms with E-state index in [1.807, 2.05) is 12.1 Å². The van der Waals surface area contributed by atoms with Gasteiger partial charge in [0.05, 0.1) is 16.8 Å². The average molecular weight is 334 g/mol. The predicted molar refractivity (Wildman–Crippen MR) is 89.2 cm³/mol. The zero-order valence-electron chi connectivity index (χ0n) is 11.7. The monoisotopic (exact) mass is 333 g/mol. The van der Waals surface area contributed by atoms with Gasteiger partial charge < -0.3 is 5.32 Å². The lowest BCUT2D eigenvalue weighted by atomic mass is 9.77. The first kappa shape index (κ1) is 14.1. The number of anilines is 1. The van der Waals surface area contributed by atoms with Crippen LogP contribution in [0.5, 0.6) is 0 Å². The van der Waals surface area contributed by atoms with Crippen molar-refractivity contribution >= 4 is 28.9 Å². The summed E-state index contributed by atoms with van der Waals surface area (Å²) in [5.41, 5.74) is 2.99. The predicted octanol–water partition coefficient (Wildman–Crippen LogP) is 5.96. The van der Waals surface area contributed by atoms with Crippen LogP contribution in [0.25, 0.3) is 0 Å². The Kier molecular flexibility index (Phi) is 3.39. The van der Waals surface area contributed by atoms with E-state index in [1.165, 1.54) is 6.07 Å². The number of allylic oxidation sites excluding steroid dienone is 2. The molecule has 0 saturated heterocycles. The van der Waals surface area contributed by atoms with E-state index in [2.05, 4.69) is 17.5 Å². The minimum absolute atomic E-state index is 0.0434. The molecule has 1 heterocycles. The summed E-state index contributed by atoms with van der Waals surface area (Å²) in [5.74, 6) is 0.402. The molecule has 0 bridgehead atoms. The van der Waals surface area contributed by atoms with Crippen molar-refractivity contribution in [2.24, 2.45) is 5.92 Å². The summed E-state index contributed by atoms with van der Waals surface area (Å²) in [6.07, 6.45) is 5.36. The molecule has 0 aromatic heterocycles. The molecule has 4 rings (SSSR count). The van der Waals surface area contributed by atoms with Crippen molar-refractivity contribution in [3.63, 3.8) is 0 Å². The van der Waals surface area contributed by atoms with Gasteiger partial charge in [0, 0.05) is 10.9 Å². The summed E-state index contributed by atoms with van der Waals surface area (Å²) in [7, 11) is 0. The molecular weight excluding hydrogens is 320 g/mol. The second-order valence-corrected chi connectivity index (χ2v) is 6.73. The molecule has 0 radical (unpaired) electrons. The van der Waals surface area contributed by atoms with Crippen LogP contribution < -0.4 is 5.32 Å². The molecule has 0 amide bonds. The number of benzene rings is 2. The smallest absolute Gasteiger partial charge is 0.123 e. The molecule has 1 nitrogen and oxygen atoms in total. The maximum atomic E-state index is 13.6. The second-order valence-electron chi connectivity index (χ2n) is 5.88.